The van der Waals surface area contributed by atoms with Crippen LogP contribution in [0.5, 0.6) is 0 Å². The van der Waals surface area contributed by atoms with Crippen LogP contribution in [0.1, 0.15) is 27.7 Å². The Labute approximate surface area is 271 Å². The molecule has 7 aromatic rings. The Hall–Kier alpha value is -5.55. The van der Waals surface area contributed by atoms with Gasteiger partial charge in [-0.15, -0.1) is 0 Å². The largest absolute Gasteiger partial charge is 0.328 e. The molecule has 0 N–H and O–H groups in total. The molecule has 0 saturated carbocycles. The molecule has 7 rings (SSSR count). The summed E-state index contributed by atoms with van der Waals surface area (Å²) in [5, 5.41) is 0. The van der Waals surface area contributed by atoms with Gasteiger partial charge in [0.15, 0.2) is 5.82 Å². The molecule has 2 aromatic heterocycles. The molecule has 0 amide bonds. The number of fused-ring (bicyclic) bond motifs is 1. The number of aromatic nitrogens is 4. The third-order valence-corrected chi connectivity index (χ3v) is 7.83. The quantitative estimate of drug-likeness (QED) is 0.196. The molecule has 0 unspecified atom stereocenters. The number of benzene rings is 5. The first-order valence-electron chi connectivity index (χ1n) is 15.9. The number of rotatable bonds is 5. The van der Waals surface area contributed by atoms with Crippen molar-refractivity contribution in [1.82, 2.24) is 19.1 Å². The lowest BCUT2D eigenvalue weighted by Crippen LogP contribution is -2.19. The second-order valence-corrected chi connectivity index (χ2v) is 10.5. The summed E-state index contributed by atoms with van der Waals surface area (Å²) < 4.78 is 3.36. The molecule has 0 radical (unpaired) electrons. The van der Waals surface area contributed by atoms with Crippen molar-refractivity contribution >= 4 is 11.0 Å². The van der Waals surface area contributed by atoms with Crippen molar-refractivity contribution < 1.29 is 0 Å². The predicted molar refractivity (Wildman–Crippen MR) is 194 cm³/mol. The van der Waals surface area contributed by atoms with Crippen LogP contribution >= 0.6 is 0 Å². The number of hydrogen-bond donors (Lipinski definition) is 0. The number of hydrogen-bond acceptors (Lipinski definition) is 3. The molecule has 0 saturated heterocycles. The van der Waals surface area contributed by atoms with Gasteiger partial charge in [-0.1, -0.05) is 143 Å². The van der Waals surface area contributed by atoms with E-state index in [9.17, 15) is 4.79 Å². The Bertz CT molecular complexity index is 2090. The predicted octanol–water partition coefficient (Wildman–Crippen LogP) is 10.1. The Kier molecular flexibility index (Phi) is 10.0. The normalized spacial score (nSPS) is 10.5. The maximum absolute atomic E-state index is 12.4. The molecule has 0 aliphatic heterocycles. The molecule has 0 bridgehead atoms. The van der Waals surface area contributed by atoms with Crippen LogP contribution in [0.25, 0.3) is 67.2 Å². The first kappa shape index (κ1) is 31.9. The lowest BCUT2D eigenvalue weighted by atomic mass is 10.00. The minimum Gasteiger partial charge on any atom is -0.295 e. The Morgan fingerprint density at radius 3 is 1.33 bits per heavy atom. The summed E-state index contributed by atoms with van der Waals surface area (Å²) in [6.07, 6.45) is 0. The van der Waals surface area contributed by atoms with Crippen molar-refractivity contribution in [2.24, 2.45) is 14.1 Å². The zero-order valence-electron chi connectivity index (χ0n) is 27.4. The van der Waals surface area contributed by atoms with Gasteiger partial charge in [0.25, 0.3) is 0 Å². The maximum Gasteiger partial charge on any atom is 0.328 e. The first-order valence-corrected chi connectivity index (χ1v) is 15.9. The summed E-state index contributed by atoms with van der Waals surface area (Å²) >= 11 is 0. The van der Waals surface area contributed by atoms with Crippen molar-refractivity contribution in [3.05, 3.63) is 144 Å². The van der Waals surface area contributed by atoms with Crippen LogP contribution in [0.2, 0.25) is 0 Å². The SMILES string of the molecule is CC.CC.Cn1c(=O)n(C)c2cc(-c3ccc(-c4cc(-c5ccc(-c6ccccc6)cc5)nc(-c5ccccc5)n4)cc3)ccc21. The fourth-order valence-electron chi connectivity index (χ4n) is 5.44. The van der Waals surface area contributed by atoms with Crippen LogP contribution in [-0.4, -0.2) is 19.1 Å². The zero-order valence-corrected chi connectivity index (χ0v) is 27.4. The van der Waals surface area contributed by atoms with E-state index in [2.05, 4.69) is 91.0 Å². The topological polar surface area (TPSA) is 52.7 Å². The highest BCUT2D eigenvalue weighted by molar-refractivity contribution is 5.83. The minimum absolute atomic E-state index is 0.0269. The summed E-state index contributed by atoms with van der Waals surface area (Å²) in [6, 6.07) is 45.6. The van der Waals surface area contributed by atoms with Crippen molar-refractivity contribution in [2.45, 2.75) is 27.7 Å². The number of imidazole rings is 1. The highest BCUT2D eigenvalue weighted by atomic mass is 16.1. The third kappa shape index (κ3) is 6.45. The van der Waals surface area contributed by atoms with E-state index in [-0.39, 0.29) is 5.69 Å². The van der Waals surface area contributed by atoms with Gasteiger partial charge in [0, 0.05) is 30.8 Å². The summed E-state index contributed by atoms with van der Waals surface area (Å²) in [7, 11) is 3.61. The minimum atomic E-state index is -0.0269. The molecule has 5 aromatic carbocycles. The molecule has 0 spiro atoms. The highest BCUT2D eigenvalue weighted by Crippen LogP contribution is 2.31. The third-order valence-electron chi connectivity index (χ3n) is 7.83. The average Bonchev–Trinajstić information content (AvgIpc) is 3.37. The van der Waals surface area contributed by atoms with Crippen molar-refractivity contribution in [2.75, 3.05) is 0 Å². The summed E-state index contributed by atoms with van der Waals surface area (Å²) in [5.74, 6) is 0.690. The molecule has 0 atom stereocenters. The molecule has 5 nitrogen and oxygen atoms in total. The van der Waals surface area contributed by atoms with E-state index in [1.807, 2.05) is 77.2 Å². The average molecular weight is 605 g/mol. The lowest BCUT2D eigenvalue weighted by Gasteiger charge is -2.11. The van der Waals surface area contributed by atoms with Crippen LogP contribution in [0, 0.1) is 0 Å². The Morgan fingerprint density at radius 1 is 0.413 bits per heavy atom. The summed E-state index contributed by atoms with van der Waals surface area (Å²) in [5.41, 5.74) is 11.0. The van der Waals surface area contributed by atoms with Gasteiger partial charge in [0.1, 0.15) is 0 Å². The molecular weight excluding hydrogens is 564 g/mol. The molecule has 0 aliphatic carbocycles. The van der Waals surface area contributed by atoms with E-state index in [1.165, 1.54) is 11.1 Å². The Morgan fingerprint density at radius 2 is 0.804 bits per heavy atom. The lowest BCUT2D eigenvalue weighted by molar-refractivity contribution is 0.795. The summed E-state index contributed by atoms with van der Waals surface area (Å²) in [6.45, 7) is 8.00. The second kappa shape index (κ2) is 14.5. The van der Waals surface area contributed by atoms with Crippen LogP contribution in [0.3, 0.4) is 0 Å². The zero-order chi connectivity index (χ0) is 32.6. The van der Waals surface area contributed by atoms with Crippen LogP contribution in [0.4, 0.5) is 0 Å². The van der Waals surface area contributed by atoms with Crippen LogP contribution < -0.4 is 5.69 Å². The second-order valence-electron chi connectivity index (χ2n) is 10.5. The van der Waals surface area contributed by atoms with Crippen molar-refractivity contribution in [3.8, 4) is 56.2 Å². The van der Waals surface area contributed by atoms with Gasteiger partial charge in [0.05, 0.1) is 22.4 Å². The van der Waals surface area contributed by atoms with Gasteiger partial charge in [0.2, 0.25) is 0 Å². The van der Waals surface area contributed by atoms with Gasteiger partial charge in [-0.3, -0.25) is 9.13 Å². The van der Waals surface area contributed by atoms with Crippen molar-refractivity contribution in [3.63, 3.8) is 0 Å². The Balaban J connectivity index is 0.00000100. The molecule has 46 heavy (non-hydrogen) atoms. The molecular formula is C41H40N4O. The molecule has 5 heteroatoms. The molecule has 0 fully saturated rings. The highest BCUT2D eigenvalue weighted by Gasteiger charge is 2.13. The monoisotopic (exact) mass is 604 g/mol. The fourth-order valence-corrected chi connectivity index (χ4v) is 5.44. The van der Waals surface area contributed by atoms with Gasteiger partial charge in [-0.05, 0) is 40.5 Å². The fraction of sp³-hybridized carbons (Fsp3) is 0.146. The van der Waals surface area contributed by atoms with E-state index in [0.717, 1.165) is 50.2 Å². The number of nitrogens with zero attached hydrogens (tertiary/aromatic N) is 4. The van der Waals surface area contributed by atoms with Gasteiger partial charge in [-0.2, -0.15) is 0 Å². The van der Waals surface area contributed by atoms with Gasteiger partial charge in [-0.25, -0.2) is 14.8 Å². The van der Waals surface area contributed by atoms with Gasteiger partial charge >= 0.3 is 5.69 Å². The molecule has 2 heterocycles. The van der Waals surface area contributed by atoms with Gasteiger partial charge < -0.3 is 0 Å². The summed E-state index contributed by atoms with van der Waals surface area (Å²) in [4.78, 5) is 22.3. The van der Waals surface area contributed by atoms with E-state index in [4.69, 9.17) is 9.97 Å². The standard InChI is InChI=1S/C37H28N4O.2C2H6/c1-40-34-22-21-31(23-35(34)41(2)37(40)42)27-15-19-29(20-16-27)33-24-32(38-36(39-33)30-11-7-4-8-12-30)28-17-13-26(14-18-28)25-9-5-3-6-10-25;2*1-2/h3-24H,1-2H3;2*1-2H3. The van der Waals surface area contributed by atoms with E-state index in [1.54, 1.807) is 16.2 Å². The first-order chi connectivity index (χ1) is 22.5. The van der Waals surface area contributed by atoms with E-state index >= 15 is 0 Å². The smallest absolute Gasteiger partial charge is 0.295 e. The number of aryl methyl sites for hydroxylation is 2. The van der Waals surface area contributed by atoms with Crippen LogP contribution in [0.15, 0.2) is 138 Å². The maximum atomic E-state index is 12.4. The van der Waals surface area contributed by atoms with Crippen LogP contribution in [-0.2, 0) is 14.1 Å². The van der Waals surface area contributed by atoms with E-state index in [0.29, 0.717) is 5.82 Å². The van der Waals surface area contributed by atoms with E-state index < -0.39 is 0 Å². The molecule has 230 valence electrons. The van der Waals surface area contributed by atoms with Crippen molar-refractivity contribution in [1.29, 1.82) is 0 Å². The molecule has 0 aliphatic rings.